The minimum atomic E-state index is -4.82. The molecule has 0 aliphatic carbocycles. The Bertz CT molecular complexity index is 1240. The lowest BCUT2D eigenvalue weighted by molar-refractivity contribution is -0.140. The number of rotatable bonds is 3. The highest BCUT2D eigenvalue weighted by Crippen LogP contribution is 2.37. The SMILES string of the molecule is Fc1ccc2nc(C(F)(F)F)c(-c3cccc(Nc4ccc(C(F)(F)F)cc4)n3)n2c1. The molecule has 0 saturated heterocycles. The van der Waals surface area contributed by atoms with E-state index in [4.69, 9.17) is 0 Å². The number of aromatic nitrogens is 3. The molecule has 1 N–H and O–H groups in total. The second-order valence-corrected chi connectivity index (χ2v) is 6.49. The Labute approximate surface area is 170 Å². The molecular formula is C20H11F7N4. The van der Waals surface area contributed by atoms with Crippen LogP contribution in [-0.2, 0) is 12.4 Å². The molecule has 0 bridgehead atoms. The van der Waals surface area contributed by atoms with E-state index in [1.54, 1.807) is 0 Å². The van der Waals surface area contributed by atoms with E-state index in [1.165, 1.54) is 30.3 Å². The number of hydrogen-bond donors (Lipinski definition) is 1. The minimum absolute atomic E-state index is 0.0803. The molecule has 3 heterocycles. The van der Waals surface area contributed by atoms with Crippen molar-refractivity contribution in [2.45, 2.75) is 12.4 Å². The highest BCUT2D eigenvalue weighted by molar-refractivity contribution is 5.67. The Hall–Kier alpha value is -3.63. The first-order valence-electron chi connectivity index (χ1n) is 8.69. The first kappa shape index (κ1) is 20.6. The van der Waals surface area contributed by atoms with Crippen molar-refractivity contribution in [2.24, 2.45) is 0 Å². The van der Waals surface area contributed by atoms with Crippen LogP contribution in [0, 0.1) is 5.82 Å². The summed E-state index contributed by atoms with van der Waals surface area (Å²) in [6, 6.07) is 10.3. The number of alkyl halides is 6. The number of benzene rings is 1. The van der Waals surface area contributed by atoms with Crippen LogP contribution in [0.5, 0.6) is 0 Å². The Balaban J connectivity index is 1.75. The van der Waals surface area contributed by atoms with Gasteiger partial charge in [0.15, 0.2) is 5.69 Å². The van der Waals surface area contributed by atoms with E-state index in [9.17, 15) is 30.7 Å². The average Bonchev–Trinajstić information content (AvgIpc) is 3.07. The number of halogens is 7. The lowest BCUT2D eigenvalue weighted by Crippen LogP contribution is -2.08. The highest BCUT2D eigenvalue weighted by Gasteiger charge is 2.39. The summed E-state index contributed by atoms with van der Waals surface area (Å²) in [7, 11) is 0. The third-order valence-corrected chi connectivity index (χ3v) is 4.33. The lowest BCUT2D eigenvalue weighted by Gasteiger charge is -2.11. The van der Waals surface area contributed by atoms with Gasteiger partial charge in [0.1, 0.15) is 23.0 Å². The Morgan fingerprint density at radius 2 is 1.48 bits per heavy atom. The zero-order valence-electron chi connectivity index (χ0n) is 15.3. The molecule has 0 fully saturated rings. The van der Waals surface area contributed by atoms with Gasteiger partial charge in [-0.25, -0.2) is 14.4 Å². The van der Waals surface area contributed by atoms with Crippen LogP contribution in [0.25, 0.3) is 17.0 Å². The van der Waals surface area contributed by atoms with Crippen LogP contribution in [0.2, 0.25) is 0 Å². The van der Waals surface area contributed by atoms with Crippen LogP contribution in [0.4, 0.5) is 42.2 Å². The number of fused-ring (bicyclic) bond motifs is 1. The maximum Gasteiger partial charge on any atom is 0.435 e. The molecule has 3 aromatic heterocycles. The van der Waals surface area contributed by atoms with Gasteiger partial charge in [0.05, 0.1) is 11.3 Å². The first-order chi connectivity index (χ1) is 14.5. The van der Waals surface area contributed by atoms with E-state index in [-0.39, 0.29) is 22.8 Å². The Morgan fingerprint density at radius 3 is 2.13 bits per heavy atom. The molecule has 0 aliphatic rings. The van der Waals surface area contributed by atoms with Gasteiger partial charge in [-0.2, -0.15) is 26.3 Å². The molecule has 0 unspecified atom stereocenters. The number of anilines is 2. The van der Waals surface area contributed by atoms with Gasteiger partial charge >= 0.3 is 12.4 Å². The molecule has 0 radical (unpaired) electrons. The normalized spacial score (nSPS) is 12.4. The summed E-state index contributed by atoms with van der Waals surface area (Å²) < 4.78 is 93.3. The molecule has 0 amide bonds. The zero-order chi connectivity index (χ0) is 22.4. The molecule has 31 heavy (non-hydrogen) atoms. The quantitative estimate of drug-likeness (QED) is 0.380. The van der Waals surface area contributed by atoms with Crippen molar-refractivity contribution in [3.05, 3.63) is 77.9 Å². The predicted molar refractivity (Wildman–Crippen MR) is 98.1 cm³/mol. The monoisotopic (exact) mass is 440 g/mol. The van der Waals surface area contributed by atoms with Gasteiger partial charge in [-0.15, -0.1) is 0 Å². The van der Waals surface area contributed by atoms with Crippen LogP contribution in [0.15, 0.2) is 60.8 Å². The summed E-state index contributed by atoms with van der Waals surface area (Å²) in [5.41, 5.74) is -2.57. The second kappa shape index (κ2) is 7.25. The summed E-state index contributed by atoms with van der Waals surface area (Å²) in [5.74, 6) is -0.685. The fourth-order valence-corrected chi connectivity index (χ4v) is 2.99. The molecule has 11 heteroatoms. The molecule has 4 aromatic rings. The number of hydrogen-bond acceptors (Lipinski definition) is 3. The van der Waals surface area contributed by atoms with E-state index in [0.717, 1.165) is 34.9 Å². The third kappa shape index (κ3) is 4.16. The van der Waals surface area contributed by atoms with Crippen molar-refractivity contribution in [3.8, 4) is 11.4 Å². The largest absolute Gasteiger partial charge is 0.435 e. The molecule has 1 aromatic carbocycles. The number of nitrogens with one attached hydrogen (secondary N) is 1. The van der Waals surface area contributed by atoms with Gasteiger partial charge in [0.25, 0.3) is 0 Å². The molecule has 0 atom stereocenters. The lowest BCUT2D eigenvalue weighted by atomic mass is 10.2. The molecule has 160 valence electrons. The fourth-order valence-electron chi connectivity index (χ4n) is 2.99. The maximum absolute atomic E-state index is 13.7. The molecule has 4 rings (SSSR count). The summed E-state index contributed by atoms with van der Waals surface area (Å²) >= 11 is 0. The fraction of sp³-hybridized carbons (Fsp3) is 0.100. The van der Waals surface area contributed by atoms with E-state index >= 15 is 0 Å². The van der Waals surface area contributed by atoms with Crippen molar-refractivity contribution < 1.29 is 30.7 Å². The van der Waals surface area contributed by atoms with Crippen molar-refractivity contribution in [3.63, 3.8) is 0 Å². The summed E-state index contributed by atoms with van der Waals surface area (Å²) in [4.78, 5) is 7.67. The molecule has 4 nitrogen and oxygen atoms in total. The van der Waals surface area contributed by atoms with Crippen molar-refractivity contribution >= 4 is 17.2 Å². The van der Waals surface area contributed by atoms with Gasteiger partial charge in [-0.05, 0) is 48.5 Å². The smallest absolute Gasteiger partial charge is 0.340 e. The Kier molecular flexibility index (Phi) is 4.83. The van der Waals surface area contributed by atoms with Gasteiger partial charge in [0.2, 0.25) is 0 Å². The average molecular weight is 440 g/mol. The van der Waals surface area contributed by atoms with Crippen LogP contribution in [0.3, 0.4) is 0 Å². The predicted octanol–water partition coefficient (Wildman–Crippen LogP) is 6.32. The standard InChI is InChI=1S/C20H11F7N4/c21-12-6-9-16-30-18(20(25,26)27)17(31(16)10-12)14-2-1-3-15(29-14)28-13-7-4-11(5-8-13)19(22,23)24/h1-10H,(H,28,29). The third-order valence-electron chi connectivity index (χ3n) is 4.33. The van der Waals surface area contributed by atoms with E-state index in [1.807, 2.05) is 0 Å². The van der Waals surface area contributed by atoms with Crippen LogP contribution in [-0.4, -0.2) is 14.4 Å². The van der Waals surface area contributed by atoms with Crippen LogP contribution >= 0.6 is 0 Å². The van der Waals surface area contributed by atoms with E-state index in [2.05, 4.69) is 15.3 Å². The molecule has 0 saturated carbocycles. The van der Waals surface area contributed by atoms with Gasteiger partial charge in [0, 0.05) is 11.9 Å². The van der Waals surface area contributed by atoms with Crippen molar-refractivity contribution in [2.75, 3.05) is 5.32 Å². The van der Waals surface area contributed by atoms with Gasteiger partial charge in [-0.1, -0.05) is 6.07 Å². The summed E-state index contributed by atoms with van der Waals surface area (Å²) in [6.07, 6.45) is -8.45. The van der Waals surface area contributed by atoms with E-state index < -0.39 is 35.1 Å². The number of pyridine rings is 2. The molecule has 0 aliphatic heterocycles. The molecule has 0 spiro atoms. The minimum Gasteiger partial charge on any atom is -0.340 e. The number of imidazole rings is 1. The second-order valence-electron chi connectivity index (χ2n) is 6.49. The van der Waals surface area contributed by atoms with Gasteiger partial charge < -0.3 is 5.32 Å². The topological polar surface area (TPSA) is 42.2 Å². The first-order valence-corrected chi connectivity index (χ1v) is 8.69. The van der Waals surface area contributed by atoms with Crippen molar-refractivity contribution in [1.29, 1.82) is 0 Å². The summed E-state index contributed by atoms with van der Waals surface area (Å²) in [5, 5.41) is 2.74. The number of nitrogens with zero attached hydrogens (tertiary/aromatic N) is 3. The zero-order valence-corrected chi connectivity index (χ0v) is 15.3. The van der Waals surface area contributed by atoms with Gasteiger partial charge in [-0.3, -0.25) is 4.40 Å². The van der Waals surface area contributed by atoms with Crippen LogP contribution < -0.4 is 5.32 Å². The maximum atomic E-state index is 13.7. The van der Waals surface area contributed by atoms with E-state index in [0.29, 0.717) is 0 Å². The summed E-state index contributed by atoms with van der Waals surface area (Å²) in [6.45, 7) is 0. The Morgan fingerprint density at radius 1 is 0.774 bits per heavy atom. The highest BCUT2D eigenvalue weighted by atomic mass is 19.4. The molecular weight excluding hydrogens is 429 g/mol. The van der Waals surface area contributed by atoms with Crippen molar-refractivity contribution in [1.82, 2.24) is 14.4 Å². The van der Waals surface area contributed by atoms with Crippen LogP contribution in [0.1, 0.15) is 11.3 Å².